The molecule has 3 aromatic heterocycles. The average molecular weight is 495 g/mol. The van der Waals surface area contributed by atoms with Gasteiger partial charge in [-0.15, -0.1) is 21.5 Å². The predicted octanol–water partition coefficient (Wildman–Crippen LogP) is 3.97. The van der Waals surface area contributed by atoms with E-state index in [0.717, 1.165) is 10.6 Å². The molecule has 0 bridgehead atoms. The molecule has 1 aliphatic rings. The lowest BCUT2D eigenvalue weighted by molar-refractivity contribution is -0.134. The summed E-state index contributed by atoms with van der Waals surface area (Å²) in [5, 5.41) is 9.22. The monoisotopic (exact) mass is 494 g/mol. The minimum atomic E-state index is -0.0118. The van der Waals surface area contributed by atoms with Crippen molar-refractivity contribution in [1.82, 2.24) is 19.7 Å². The zero-order valence-corrected chi connectivity index (χ0v) is 19.9. The number of nitrogens with zero attached hydrogens (tertiary/aromatic N) is 4. The van der Waals surface area contributed by atoms with Gasteiger partial charge in [0.2, 0.25) is 11.7 Å². The standard InChI is InChI=1S/C24H22N4O4S2/c29-19(21-9-8-18(34-21)15-22(30)27-10-13-31-14-11-27)16-33-24-26-25-23(20-7-4-12-32-20)28(24)17-5-2-1-3-6-17/h1-9,12H,10-11,13-16H2. The van der Waals surface area contributed by atoms with Gasteiger partial charge in [0, 0.05) is 23.7 Å². The van der Waals surface area contributed by atoms with Crippen molar-refractivity contribution in [2.24, 2.45) is 0 Å². The molecule has 0 N–H and O–H groups in total. The molecular weight excluding hydrogens is 472 g/mol. The van der Waals surface area contributed by atoms with Crippen LogP contribution >= 0.6 is 23.1 Å². The number of morpholine rings is 1. The van der Waals surface area contributed by atoms with Gasteiger partial charge in [-0.25, -0.2) is 0 Å². The summed E-state index contributed by atoms with van der Waals surface area (Å²) in [5.41, 5.74) is 0.883. The number of carbonyl (C=O) groups is 2. The van der Waals surface area contributed by atoms with Gasteiger partial charge in [-0.05, 0) is 36.4 Å². The number of hydrogen-bond acceptors (Lipinski definition) is 8. The number of ether oxygens (including phenoxy) is 1. The first-order valence-electron chi connectivity index (χ1n) is 10.8. The summed E-state index contributed by atoms with van der Waals surface area (Å²) < 4.78 is 12.7. The predicted molar refractivity (Wildman–Crippen MR) is 130 cm³/mol. The van der Waals surface area contributed by atoms with E-state index in [2.05, 4.69) is 10.2 Å². The Morgan fingerprint density at radius 1 is 1.00 bits per heavy atom. The highest BCUT2D eigenvalue weighted by Crippen LogP contribution is 2.29. The van der Waals surface area contributed by atoms with E-state index in [1.54, 1.807) is 18.4 Å². The molecule has 0 radical (unpaired) electrons. The van der Waals surface area contributed by atoms with Crippen molar-refractivity contribution in [3.8, 4) is 17.3 Å². The number of rotatable bonds is 8. The maximum absolute atomic E-state index is 12.9. The summed E-state index contributed by atoms with van der Waals surface area (Å²) in [7, 11) is 0. The van der Waals surface area contributed by atoms with E-state index in [-0.39, 0.29) is 17.4 Å². The van der Waals surface area contributed by atoms with Crippen molar-refractivity contribution >= 4 is 34.8 Å². The first-order chi connectivity index (χ1) is 16.7. The van der Waals surface area contributed by atoms with Gasteiger partial charge in [0.25, 0.3) is 0 Å². The molecule has 0 unspecified atom stereocenters. The fraction of sp³-hybridized carbons (Fsp3) is 0.250. The molecule has 4 heterocycles. The van der Waals surface area contributed by atoms with Crippen molar-refractivity contribution in [3.05, 3.63) is 70.6 Å². The highest BCUT2D eigenvalue weighted by atomic mass is 32.2. The van der Waals surface area contributed by atoms with Crippen LogP contribution in [0.5, 0.6) is 0 Å². The molecule has 1 fully saturated rings. The number of thiophene rings is 1. The molecule has 1 amide bonds. The van der Waals surface area contributed by atoms with Gasteiger partial charge in [0.05, 0.1) is 36.5 Å². The molecule has 1 saturated heterocycles. The van der Waals surface area contributed by atoms with Crippen molar-refractivity contribution in [1.29, 1.82) is 0 Å². The molecule has 174 valence electrons. The van der Waals surface area contributed by atoms with Crippen molar-refractivity contribution in [3.63, 3.8) is 0 Å². The largest absolute Gasteiger partial charge is 0.461 e. The van der Waals surface area contributed by atoms with Crippen LogP contribution in [0.1, 0.15) is 14.5 Å². The Kier molecular flexibility index (Phi) is 6.89. The molecular formula is C24H22N4O4S2. The quantitative estimate of drug-likeness (QED) is 0.270. The number of hydrogen-bond donors (Lipinski definition) is 0. The number of furan rings is 1. The lowest BCUT2D eigenvalue weighted by Crippen LogP contribution is -2.41. The third-order valence-electron chi connectivity index (χ3n) is 5.35. The molecule has 0 spiro atoms. The third kappa shape index (κ3) is 4.98. The number of carbonyl (C=O) groups excluding carboxylic acids is 2. The number of benzene rings is 1. The second-order valence-corrected chi connectivity index (χ2v) is 9.71. The summed E-state index contributed by atoms with van der Waals surface area (Å²) in [6, 6.07) is 17.0. The number of thioether (sulfide) groups is 1. The van der Waals surface area contributed by atoms with E-state index in [1.165, 1.54) is 23.1 Å². The van der Waals surface area contributed by atoms with Crippen LogP contribution in [0.2, 0.25) is 0 Å². The third-order valence-corrected chi connectivity index (χ3v) is 7.40. The summed E-state index contributed by atoms with van der Waals surface area (Å²) in [6.45, 7) is 2.39. The van der Waals surface area contributed by atoms with Crippen LogP contribution < -0.4 is 0 Å². The maximum atomic E-state index is 12.9. The second kappa shape index (κ2) is 10.4. The normalized spacial score (nSPS) is 13.8. The van der Waals surface area contributed by atoms with Crippen molar-refractivity contribution in [2.75, 3.05) is 32.1 Å². The molecule has 0 atom stereocenters. The highest BCUT2D eigenvalue weighted by molar-refractivity contribution is 7.99. The van der Waals surface area contributed by atoms with Crippen molar-refractivity contribution in [2.45, 2.75) is 11.6 Å². The maximum Gasteiger partial charge on any atom is 0.227 e. The van der Waals surface area contributed by atoms with E-state index in [9.17, 15) is 9.59 Å². The summed E-state index contributed by atoms with van der Waals surface area (Å²) in [6.07, 6.45) is 1.90. The molecule has 10 heteroatoms. The van der Waals surface area contributed by atoms with Gasteiger partial charge in [-0.1, -0.05) is 30.0 Å². The van der Waals surface area contributed by atoms with Gasteiger partial charge >= 0.3 is 0 Å². The van der Waals surface area contributed by atoms with Gasteiger partial charge in [-0.3, -0.25) is 14.2 Å². The first kappa shape index (κ1) is 22.6. The fourth-order valence-corrected chi connectivity index (χ4v) is 5.50. The van der Waals surface area contributed by atoms with Gasteiger partial charge in [0.1, 0.15) is 0 Å². The molecule has 1 aromatic carbocycles. The van der Waals surface area contributed by atoms with Gasteiger partial charge in [0.15, 0.2) is 16.7 Å². The molecule has 4 aromatic rings. The van der Waals surface area contributed by atoms with E-state index >= 15 is 0 Å². The Bertz CT molecular complexity index is 1260. The number of Topliss-reactive ketones (excluding diaryl/α,β-unsaturated/α-hetero) is 1. The smallest absolute Gasteiger partial charge is 0.227 e. The van der Waals surface area contributed by atoms with Crippen LogP contribution in [0.15, 0.2) is 70.4 Å². The first-order valence-corrected chi connectivity index (χ1v) is 12.6. The minimum Gasteiger partial charge on any atom is -0.461 e. The topological polar surface area (TPSA) is 90.5 Å². The van der Waals surface area contributed by atoms with Crippen LogP contribution in [0, 0.1) is 0 Å². The minimum absolute atomic E-state index is 0.0118. The number of ketones is 1. The Morgan fingerprint density at radius 2 is 1.82 bits per heavy atom. The van der Waals surface area contributed by atoms with Crippen LogP contribution in [0.3, 0.4) is 0 Å². The van der Waals surface area contributed by atoms with Crippen LogP contribution in [0.4, 0.5) is 0 Å². The summed E-state index contributed by atoms with van der Waals surface area (Å²) in [4.78, 5) is 28.7. The van der Waals surface area contributed by atoms with E-state index in [4.69, 9.17) is 9.15 Å². The Labute approximate surface area is 204 Å². The van der Waals surface area contributed by atoms with Crippen LogP contribution in [-0.2, 0) is 16.0 Å². The fourth-order valence-electron chi connectivity index (χ4n) is 3.64. The molecule has 0 aliphatic carbocycles. The van der Waals surface area contributed by atoms with Gasteiger partial charge in [-0.2, -0.15) is 0 Å². The zero-order valence-electron chi connectivity index (χ0n) is 18.3. The van der Waals surface area contributed by atoms with Crippen LogP contribution in [0.25, 0.3) is 17.3 Å². The average Bonchev–Trinajstić information content (AvgIpc) is 3.64. The lowest BCUT2D eigenvalue weighted by Gasteiger charge is -2.26. The molecule has 8 nitrogen and oxygen atoms in total. The molecule has 34 heavy (non-hydrogen) atoms. The molecule has 5 rings (SSSR count). The highest BCUT2D eigenvalue weighted by Gasteiger charge is 2.21. The number of amides is 1. The SMILES string of the molecule is O=C(CSc1nnc(-c2ccco2)n1-c1ccccc1)c1ccc(CC(=O)N2CCOCC2)s1. The number of para-hydroxylation sites is 1. The van der Waals surface area contributed by atoms with E-state index < -0.39 is 0 Å². The Balaban J connectivity index is 1.28. The van der Waals surface area contributed by atoms with E-state index in [0.29, 0.717) is 54.3 Å². The number of aromatic nitrogens is 3. The molecule has 1 aliphatic heterocycles. The molecule has 0 saturated carbocycles. The summed E-state index contributed by atoms with van der Waals surface area (Å²) >= 11 is 2.70. The zero-order chi connectivity index (χ0) is 23.3. The van der Waals surface area contributed by atoms with Gasteiger partial charge < -0.3 is 14.1 Å². The lowest BCUT2D eigenvalue weighted by atomic mass is 10.3. The second-order valence-electron chi connectivity index (χ2n) is 7.60. The Morgan fingerprint density at radius 3 is 2.59 bits per heavy atom. The summed E-state index contributed by atoms with van der Waals surface area (Å²) in [5.74, 6) is 1.44. The van der Waals surface area contributed by atoms with Crippen molar-refractivity contribution < 1.29 is 18.7 Å². The Hall–Kier alpha value is -3.21. The van der Waals surface area contributed by atoms with E-state index in [1.807, 2.05) is 51.9 Å². The van der Waals surface area contributed by atoms with Crippen LogP contribution in [-0.4, -0.2) is 63.4 Å².